The quantitative estimate of drug-likeness (QED) is 0.850. The summed E-state index contributed by atoms with van der Waals surface area (Å²) in [6.07, 6.45) is 3.15. The van der Waals surface area contributed by atoms with Gasteiger partial charge in [0.05, 0.1) is 11.1 Å². The number of aromatic nitrogens is 1. The van der Waals surface area contributed by atoms with E-state index in [1.807, 2.05) is 25.1 Å². The maximum atomic E-state index is 11.9. The Morgan fingerprint density at radius 2 is 2.21 bits per heavy atom. The second-order valence-electron chi connectivity index (χ2n) is 5.48. The van der Waals surface area contributed by atoms with Gasteiger partial charge in [-0.25, -0.2) is 0 Å². The molecule has 0 fully saturated rings. The lowest BCUT2D eigenvalue weighted by Gasteiger charge is -2.24. The van der Waals surface area contributed by atoms with Crippen molar-refractivity contribution >= 4 is 16.8 Å². The Labute approximate surface area is 112 Å². The summed E-state index contributed by atoms with van der Waals surface area (Å²) in [5, 5.41) is 0.903. The van der Waals surface area contributed by atoms with Gasteiger partial charge in [0, 0.05) is 11.1 Å². The van der Waals surface area contributed by atoms with Gasteiger partial charge in [-0.1, -0.05) is 25.1 Å². The molecule has 0 saturated carbocycles. The minimum absolute atomic E-state index is 0.330. The van der Waals surface area contributed by atoms with Crippen LogP contribution in [0.3, 0.4) is 0 Å². The van der Waals surface area contributed by atoms with Gasteiger partial charge in [-0.15, -0.1) is 0 Å². The molecule has 1 aromatic carbocycles. The number of primary amides is 1. The summed E-state index contributed by atoms with van der Waals surface area (Å²) >= 11 is 0. The zero-order valence-corrected chi connectivity index (χ0v) is 11.4. The molecule has 1 amide bonds. The molecule has 1 atom stereocenters. The van der Waals surface area contributed by atoms with Crippen LogP contribution in [0.4, 0.5) is 0 Å². The second-order valence-corrected chi connectivity index (χ2v) is 5.48. The fraction of sp³-hybridized carbons (Fsp3) is 0.375. The number of nitrogens with two attached hydrogens (primary N) is 1. The Kier molecular flexibility index (Phi) is 2.77. The summed E-state index contributed by atoms with van der Waals surface area (Å²) in [6.45, 7) is 4.21. The van der Waals surface area contributed by atoms with Crippen LogP contribution in [0.2, 0.25) is 0 Å². The van der Waals surface area contributed by atoms with Crippen molar-refractivity contribution in [1.82, 2.24) is 4.98 Å². The molecular formula is C16H18N2O. The molecule has 1 aliphatic rings. The molecule has 1 aromatic heterocycles. The van der Waals surface area contributed by atoms with Crippen LogP contribution in [-0.4, -0.2) is 10.9 Å². The number of hydrogen-bond donors (Lipinski definition) is 1. The molecule has 0 radical (unpaired) electrons. The molecule has 3 heteroatoms. The smallest absolute Gasteiger partial charge is 0.249 e. The molecule has 98 valence electrons. The van der Waals surface area contributed by atoms with Crippen LogP contribution in [0.1, 0.15) is 52.9 Å². The van der Waals surface area contributed by atoms with Crippen molar-refractivity contribution in [1.29, 1.82) is 0 Å². The largest absolute Gasteiger partial charge is 0.366 e. The van der Waals surface area contributed by atoms with Crippen molar-refractivity contribution in [2.45, 2.75) is 39.0 Å². The molecule has 0 aliphatic heterocycles. The van der Waals surface area contributed by atoms with Crippen molar-refractivity contribution < 1.29 is 4.79 Å². The van der Waals surface area contributed by atoms with Crippen LogP contribution >= 0.6 is 0 Å². The zero-order valence-electron chi connectivity index (χ0n) is 11.4. The van der Waals surface area contributed by atoms with E-state index in [1.165, 1.54) is 0 Å². The number of rotatable bonds is 1. The molecule has 3 nitrogen and oxygen atoms in total. The zero-order chi connectivity index (χ0) is 13.6. The van der Waals surface area contributed by atoms with Crippen molar-refractivity contribution in [2.75, 3.05) is 0 Å². The van der Waals surface area contributed by atoms with E-state index in [4.69, 9.17) is 10.7 Å². The minimum atomic E-state index is -0.330. The van der Waals surface area contributed by atoms with Gasteiger partial charge in [-0.05, 0) is 43.2 Å². The molecule has 0 saturated heterocycles. The van der Waals surface area contributed by atoms with Gasteiger partial charge < -0.3 is 5.73 Å². The van der Waals surface area contributed by atoms with Crippen LogP contribution < -0.4 is 5.73 Å². The van der Waals surface area contributed by atoms with Gasteiger partial charge in [0.15, 0.2) is 0 Å². The number of carbonyl (C=O) groups excluding carboxylic acids is 1. The first-order valence-electron chi connectivity index (χ1n) is 6.81. The highest BCUT2D eigenvalue weighted by atomic mass is 16.1. The van der Waals surface area contributed by atoms with Gasteiger partial charge in [0.25, 0.3) is 0 Å². The SMILES string of the molecule is Cc1cccc2c(C(N)=O)c3c(nc12)[C@@H](C)CCC3. The third-order valence-corrected chi connectivity index (χ3v) is 4.13. The standard InChI is InChI=1S/C16H18N2O/c1-9-5-3-7-11-13(16(17)19)12-8-4-6-10(2)15(12)18-14(9)11/h3,5,7,10H,4,6,8H2,1-2H3,(H2,17,19)/t10-/m0/s1. The maximum absolute atomic E-state index is 11.9. The van der Waals surface area contributed by atoms with E-state index in [2.05, 4.69) is 6.92 Å². The van der Waals surface area contributed by atoms with E-state index in [1.54, 1.807) is 0 Å². The molecule has 0 spiro atoms. The summed E-state index contributed by atoms with van der Waals surface area (Å²) in [5.41, 5.74) is 10.5. The molecule has 1 aliphatic carbocycles. The number of amides is 1. The van der Waals surface area contributed by atoms with Gasteiger partial charge in [0.2, 0.25) is 5.91 Å². The first-order chi connectivity index (χ1) is 9.09. The summed E-state index contributed by atoms with van der Waals surface area (Å²) in [7, 11) is 0. The molecule has 3 rings (SSSR count). The topological polar surface area (TPSA) is 56.0 Å². The van der Waals surface area contributed by atoms with Crippen LogP contribution in [0, 0.1) is 6.92 Å². The fourth-order valence-corrected chi connectivity index (χ4v) is 3.15. The Balaban J connectivity index is 2.45. The first kappa shape index (κ1) is 12.2. The third-order valence-electron chi connectivity index (χ3n) is 4.13. The fourth-order valence-electron chi connectivity index (χ4n) is 3.15. The van der Waals surface area contributed by atoms with E-state index in [0.717, 1.165) is 47.0 Å². The molecular weight excluding hydrogens is 236 g/mol. The predicted molar refractivity (Wildman–Crippen MR) is 76.4 cm³/mol. The normalized spacial score (nSPS) is 18.3. The van der Waals surface area contributed by atoms with E-state index < -0.39 is 0 Å². The van der Waals surface area contributed by atoms with Crippen LogP contribution in [0.5, 0.6) is 0 Å². The van der Waals surface area contributed by atoms with E-state index in [-0.39, 0.29) is 5.91 Å². The van der Waals surface area contributed by atoms with Crippen LogP contribution in [-0.2, 0) is 6.42 Å². The number of aryl methyl sites for hydroxylation is 1. The highest BCUT2D eigenvalue weighted by Crippen LogP contribution is 2.35. The van der Waals surface area contributed by atoms with Gasteiger partial charge >= 0.3 is 0 Å². The number of fused-ring (bicyclic) bond motifs is 2. The van der Waals surface area contributed by atoms with E-state index in [9.17, 15) is 4.79 Å². The number of hydrogen-bond acceptors (Lipinski definition) is 2. The monoisotopic (exact) mass is 254 g/mol. The number of nitrogens with zero attached hydrogens (tertiary/aromatic N) is 1. The lowest BCUT2D eigenvalue weighted by atomic mass is 9.83. The van der Waals surface area contributed by atoms with Crippen molar-refractivity contribution in [3.05, 3.63) is 40.6 Å². The average molecular weight is 254 g/mol. The van der Waals surface area contributed by atoms with E-state index >= 15 is 0 Å². The average Bonchev–Trinajstić information content (AvgIpc) is 2.37. The summed E-state index contributed by atoms with van der Waals surface area (Å²) in [5.74, 6) is 0.0780. The summed E-state index contributed by atoms with van der Waals surface area (Å²) < 4.78 is 0. The number of para-hydroxylation sites is 1. The Morgan fingerprint density at radius 3 is 2.95 bits per heavy atom. The molecule has 0 unspecified atom stereocenters. The lowest BCUT2D eigenvalue weighted by molar-refractivity contribution is 0.100. The molecule has 1 heterocycles. The number of benzene rings is 1. The molecule has 2 N–H and O–H groups in total. The second kappa shape index (κ2) is 4.34. The highest BCUT2D eigenvalue weighted by molar-refractivity contribution is 6.07. The maximum Gasteiger partial charge on any atom is 0.249 e. The number of carbonyl (C=O) groups is 1. The molecule has 0 bridgehead atoms. The van der Waals surface area contributed by atoms with Crippen molar-refractivity contribution in [3.8, 4) is 0 Å². The van der Waals surface area contributed by atoms with Crippen molar-refractivity contribution in [2.24, 2.45) is 5.73 Å². The van der Waals surface area contributed by atoms with Crippen LogP contribution in [0.15, 0.2) is 18.2 Å². The van der Waals surface area contributed by atoms with Gasteiger partial charge in [-0.3, -0.25) is 9.78 Å². The van der Waals surface area contributed by atoms with Crippen molar-refractivity contribution in [3.63, 3.8) is 0 Å². The summed E-state index contributed by atoms with van der Waals surface area (Å²) in [4.78, 5) is 16.7. The number of pyridine rings is 1. The predicted octanol–water partition coefficient (Wildman–Crippen LogP) is 3.08. The Hall–Kier alpha value is -1.90. The third kappa shape index (κ3) is 1.81. The highest BCUT2D eigenvalue weighted by Gasteiger charge is 2.25. The summed E-state index contributed by atoms with van der Waals surface area (Å²) in [6, 6.07) is 5.94. The lowest BCUT2D eigenvalue weighted by Crippen LogP contribution is -2.20. The Morgan fingerprint density at radius 1 is 1.42 bits per heavy atom. The van der Waals surface area contributed by atoms with Gasteiger partial charge in [0.1, 0.15) is 0 Å². The molecule has 19 heavy (non-hydrogen) atoms. The molecule has 2 aromatic rings. The van der Waals surface area contributed by atoms with Crippen LogP contribution in [0.25, 0.3) is 10.9 Å². The van der Waals surface area contributed by atoms with E-state index in [0.29, 0.717) is 11.5 Å². The van der Waals surface area contributed by atoms with Gasteiger partial charge in [-0.2, -0.15) is 0 Å². The Bertz CT molecular complexity index is 676. The first-order valence-corrected chi connectivity index (χ1v) is 6.81. The minimum Gasteiger partial charge on any atom is -0.366 e.